The molecule has 2 aromatic rings. The van der Waals surface area contributed by atoms with Crippen LogP contribution in [0.2, 0.25) is 5.22 Å². The van der Waals surface area contributed by atoms with E-state index in [0.29, 0.717) is 30.5 Å². The van der Waals surface area contributed by atoms with Crippen molar-refractivity contribution >= 4 is 17.5 Å². The Kier molecular flexibility index (Phi) is 3.61. The highest BCUT2D eigenvalue weighted by Crippen LogP contribution is 2.39. The number of amides is 1. The van der Waals surface area contributed by atoms with Crippen molar-refractivity contribution in [3.05, 3.63) is 34.8 Å². The maximum atomic E-state index is 12.6. The Morgan fingerprint density at radius 2 is 2.22 bits per heavy atom. The van der Waals surface area contributed by atoms with Crippen LogP contribution in [0.4, 0.5) is 0 Å². The molecule has 1 atom stereocenters. The van der Waals surface area contributed by atoms with E-state index < -0.39 is 0 Å². The van der Waals surface area contributed by atoms with E-state index in [-0.39, 0.29) is 17.2 Å². The standard InChI is InChI=1S/C15H17ClN4O3/c1-19-5-6-20(15(21)10-4-7-22-12(10)16)8-11(19)14-17-13(18-23-14)9-2-3-9/h4,7,9,11H,2-3,5-6,8H2,1H3. The van der Waals surface area contributed by atoms with Gasteiger partial charge in [-0.2, -0.15) is 4.98 Å². The number of carbonyl (C=O) groups is 1. The van der Waals surface area contributed by atoms with Crippen molar-refractivity contribution < 1.29 is 13.7 Å². The van der Waals surface area contributed by atoms with Crippen LogP contribution in [0.15, 0.2) is 21.3 Å². The molecule has 1 aliphatic heterocycles. The minimum Gasteiger partial charge on any atom is -0.452 e. The van der Waals surface area contributed by atoms with E-state index in [1.54, 1.807) is 11.0 Å². The largest absolute Gasteiger partial charge is 0.452 e. The second-order valence-electron chi connectivity index (χ2n) is 6.12. The number of halogens is 1. The van der Waals surface area contributed by atoms with E-state index >= 15 is 0 Å². The van der Waals surface area contributed by atoms with Gasteiger partial charge in [0.15, 0.2) is 5.82 Å². The number of furan rings is 1. The third kappa shape index (κ3) is 2.74. The first-order chi connectivity index (χ1) is 11.1. The van der Waals surface area contributed by atoms with Crippen LogP contribution in [0, 0.1) is 0 Å². The van der Waals surface area contributed by atoms with Gasteiger partial charge in [-0.05, 0) is 37.6 Å². The summed E-state index contributed by atoms with van der Waals surface area (Å²) in [6.07, 6.45) is 3.68. The minimum absolute atomic E-state index is 0.0987. The smallest absolute Gasteiger partial charge is 0.258 e. The lowest BCUT2D eigenvalue weighted by atomic mass is 10.1. The van der Waals surface area contributed by atoms with Gasteiger partial charge in [-0.1, -0.05) is 5.16 Å². The highest BCUT2D eigenvalue weighted by Gasteiger charge is 2.35. The second kappa shape index (κ2) is 5.65. The number of likely N-dealkylation sites (N-methyl/N-ethyl adjacent to an activating group) is 1. The molecule has 2 fully saturated rings. The Balaban J connectivity index is 1.53. The number of rotatable bonds is 3. The number of hydrogen-bond donors (Lipinski definition) is 0. The number of hydrogen-bond acceptors (Lipinski definition) is 6. The monoisotopic (exact) mass is 336 g/mol. The van der Waals surface area contributed by atoms with Crippen molar-refractivity contribution in [2.45, 2.75) is 24.8 Å². The van der Waals surface area contributed by atoms with Gasteiger partial charge in [-0.3, -0.25) is 9.69 Å². The van der Waals surface area contributed by atoms with Gasteiger partial charge in [0.2, 0.25) is 11.1 Å². The molecule has 0 spiro atoms. The maximum Gasteiger partial charge on any atom is 0.258 e. The Labute approximate surface area is 138 Å². The Hall–Kier alpha value is -1.86. The summed E-state index contributed by atoms with van der Waals surface area (Å²) in [6, 6.07) is 1.49. The van der Waals surface area contributed by atoms with Gasteiger partial charge in [-0.15, -0.1) is 0 Å². The summed E-state index contributed by atoms with van der Waals surface area (Å²) in [6.45, 7) is 1.84. The molecule has 122 valence electrons. The molecular formula is C15H17ClN4O3. The summed E-state index contributed by atoms with van der Waals surface area (Å²) < 4.78 is 10.4. The van der Waals surface area contributed by atoms with E-state index in [1.807, 2.05) is 7.05 Å². The fourth-order valence-corrected chi connectivity index (χ4v) is 3.03. The van der Waals surface area contributed by atoms with E-state index in [0.717, 1.165) is 25.2 Å². The number of aromatic nitrogens is 2. The predicted octanol–water partition coefficient (Wildman–Crippen LogP) is 2.32. The minimum atomic E-state index is -0.135. The van der Waals surface area contributed by atoms with Gasteiger partial charge in [0.25, 0.3) is 5.91 Å². The highest BCUT2D eigenvalue weighted by atomic mass is 35.5. The van der Waals surface area contributed by atoms with Crippen LogP contribution in [0.3, 0.4) is 0 Å². The van der Waals surface area contributed by atoms with E-state index in [9.17, 15) is 4.79 Å². The van der Waals surface area contributed by atoms with Gasteiger partial charge < -0.3 is 13.8 Å². The zero-order valence-electron chi connectivity index (χ0n) is 12.7. The summed E-state index contributed by atoms with van der Waals surface area (Å²) >= 11 is 5.92. The van der Waals surface area contributed by atoms with Gasteiger partial charge in [0.05, 0.1) is 11.8 Å². The lowest BCUT2D eigenvalue weighted by molar-refractivity contribution is 0.0488. The fourth-order valence-electron chi connectivity index (χ4n) is 2.83. The molecule has 1 aliphatic carbocycles. The summed E-state index contributed by atoms with van der Waals surface area (Å²) in [4.78, 5) is 21.0. The van der Waals surface area contributed by atoms with Crippen molar-refractivity contribution in [3.8, 4) is 0 Å². The molecular weight excluding hydrogens is 320 g/mol. The van der Waals surface area contributed by atoms with Crippen LogP contribution in [0.1, 0.15) is 46.9 Å². The maximum absolute atomic E-state index is 12.6. The zero-order chi connectivity index (χ0) is 16.0. The van der Waals surface area contributed by atoms with Crippen LogP contribution >= 0.6 is 11.6 Å². The SMILES string of the molecule is CN1CCN(C(=O)c2ccoc2Cl)CC1c1nc(C2CC2)no1. The first-order valence-corrected chi connectivity index (χ1v) is 8.07. The van der Waals surface area contributed by atoms with Crippen LogP contribution in [-0.4, -0.2) is 52.5 Å². The molecule has 2 aromatic heterocycles. The zero-order valence-corrected chi connectivity index (χ0v) is 13.5. The van der Waals surface area contributed by atoms with Gasteiger partial charge in [0, 0.05) is 25.6 Å². The molecule has 1 amide bonds. The summed E-state index contributed by atoms with van der Waals surface area (Å²) in [5.74, 6) is 1.67. The second-order valence-corrected chi connectivity index (χ2v) is 6.46. The molecule has 0 bridgehead atoms. The molecule has 0 N–H and O–H groups in total. The molecule has 8 heteroatoms. The molecule has 3 heterocycles. The molecule has 23 heavy (non-hydrogen) atoms. The number of piperazine rings is 1. The van der Waals surface area contributed by atoms with Gasteiger partial charge in [-0.25, -0.2) is 0 Å². The van der Waals surface area contributed by atoms with Gasteiger partial charge in [0.1, 0.15) is 6.04 Å². The molecule has 1 unspecified atom stereocenters. The van der Waals surface area contributed by atoms with Crippen molar-refractivity contribution in [2.24, 2.45) is 0 Å². The molecule has 7 nitrogen and oxygen atoms in total. The predicted molar refractivity (Wildman–Crippen MR) is 81.3 cm³/mol. The van der Waals surface area contributed by atoms with Crippen LogP contribution < -0.4 is 0 Å². The van der Waals surface area contributed by atoms with E-state index in [1.165, 1.54) is 6.26 Å². The number of nitrogens with zero attached hydrogens (tertiary/aromatic N) is 4. The van der Waals surface area contributed by atoms with E-state index in [2.05, 4.69) is 15.0 Å². The van der Waals surface area contributed by atoms with Gasteiger partial charge >= 0.3 is 0 Å². The Bertz CT molecular complexity index is 724. The lowest BCUT2D eigenvalue weighted by Crippen LogP contribution is -2.49. The Morgan fingerprint density at radius 3 is 2.91 bits per heavy atom. The van der Waals surface area contributed by atoms with Crippen LogP contribution in [0.25, 0.3) is 0 Å². The molecule has 2 aliphatic rings. The quantitative estimate of drug-likeness (QED) is 0.856. The number of carbonyl (C=O) groups excluding carboxylic acids is 1. The van der Waals surface area contributed by atoms with Crippen molar-refractivity contribution in [1.29, 1.82) is 0 Å². The van der Waals surface area contributed by atoms with Crippen molar-refractivity contribution in [3.63, 3.8) is 0 Å². The third-order valence-corrected chi connectivity index (χ3v) is 4.76. The average Bonchev–Trinajstić information content (AvgIpc) is 3.12. The topological polar surface area (TPSA) is 75.6 Å². The lowest BCUT2D eigenvalue weighted by Gasteiger charge is -2.37. The normalized spacial score (nSPS) is 22.5. The summed E-state index contributed by atoms with van der Waals surface area (Å²) in [7, 11) is 2.00. The first kappa shape index (κ1) is 14.7. The summed E-state index contributed by atoms with van der Waals surface area (Å²) in [5.41, 5.74) is 0.388. The van der Waals surface area contributed by atoms with Crippen molar-refractivity contribution in [1.82, 2.24) is 19.9 Å². The molecule has 4 rings (SSSR count). The fraction of sp³-hybridized carbons (Fsp3) is 0.533. The Morgan fingerprint density at radius 1 is 1.39 bits per heavy atom. The highest BCUT2D eigenvalue weighted by molar-refractivity contribution is 6.32. The first-order valence-electron chi connectivity index (χ1n) is 7.69. The van der Waals surface area contributed by atoms with Crippen molar-refractivity contribution in [2.75, 3.05) is 26.7 Å². The molecule has 0 radical (unpaired) electrons. The van der Waals surface area contributed by atoms with Crippen LogP contribution in [0.5, 0.6) is 0 Å². The average molecular weight is 337 g/mol. The molecule has 1 saturated carbocycles. The summed E-state index contributed by atoms with van der Waals surface area (Å²) in [5, 5.41) is 4.19. The van der Waals surface area contributed by atoms with E-state index in [4.69, 9.17) is 20.5 Å². The third-order valence-electron chi connectivity index (χ3n) is 4.47. The molecule has 1 saturated heterocycles. The van der Waals surface area contributed by atoms with Crippen LogP contribution in [-0.2, 0) is 0 Å². The molecule has 0 aromatic carbocycles.